The molecule has 102 valence electrons. The summed E-state index contributed by atoms with van der Waals surface area (Å²) < 4.78 is 58.9. The molecule has 0 aliphatic rings. The number of benzene rings is 1. The molecule has 0 bridgehead atoms. The van der Waals surface area contributed by atoms with Crippen molar-refractivity contribution in [1.29, 1.82) is 0 Å². The second kappa shape index (κ2) is 6.14. The molecule has 0 N–H and O–H groups in total. The van der Waals surface area contributed by atoms with Gasteiger partial charge < -0.3 is 9.64 Å². The highest BCUT2D eigenvalue weighted by Gasteiger charge is 2.25. The molecule has 0 spiro atoms. The van der Waals surface area contributed by atoms with Gasteiger partial charge in [0, 0.05) is 20.2 Å². The van der Waals surface area contributed by atoms with Crippen LogP contribution in [0.1, 0.15) is 5.56 Å². The average molecular weight is 273 g/mol. The molecule has 0 fully saturated rings. The van der Waals surface area contributed by atoms with Crippen LogP contribution in [0.15, 0.2) is 12.3 Å². The maximum absolute atomic E-state index is 13.6. The highest BCUT2D eigenvalue weighted by Crippen LogP contribution is 2.29. The Kier molecular flexibility index (Phi) is 4.81. The minimum absolute atomic E-state index is 0.784. The zero-order valence-electron chi connectivity index (χ0n) is 10.5. The Hall–Kier alpha value is -2.16. The molecule has 1 rings (SSSR count). The van der Waals surface area contributed by atoms with Gasteiger partial charge in [0.25, 0.3) is 0 Å². The van der Waals surface area contributed by atoms with Crippen molar-refractivity contribution in [2.45, 2.75) is 0 Å². The van der Waals surface area contributed by atoms with Crippen LogP contribution in [0.4, 0.5) is 23.2 Å². The maximum atomic E-state index is 13.6. The first kappa shape index (κ1) is 14.9. The molecule has 0 atom stereocenters. The van der Waals surface area contributed by atoms with E-state index < -0.39 is 34.5 Å². The first-order valence-corrected chi connectivity index (χ1v) is 5.14. The second-order valence-electron chi connectivity index (χ2n) is 3.68. The highest BCUT2D eigenvalue weighted by molar-refractivity contribution is 5.54. The monoisotopic (exact) mass is 273 g/mol. The fourth-order valence-corrected chi connectivity index (χ4v) is 1.34. The van der Waals surface area contributed by atoms with Crippen molar-refractivity contribution in [2.75, 3.05) is 26.1 Å². The zero-order chi connectivity index (χ0) is 14.6. The quantitative estimate of drug-likeness (QED) is 0.355. The van der Waals surface area contributed by atoms with Gasteiger partial charge in [0.05, 0.1) is 13.4 Å². The van der Waals surface area contributed by atoms with Crippen molar-refractivity contribution in [3.8, 4) is 11.8 Å². The van der Waals surface area contributed by atoms with Crippen molar-refractivity contribution in [3.63, 3.8) is 0 Å². The number of anilines is 1. The van der Waals surface area contributed by atoms with Gasteiger partial charge in [0.1, 0.15) is 11.3 Å². The van der Waals surface area contributed by atoms with E-state index in [0.29, 0.717) is 0 Å². The lowest BCUT2D eigenvalue weighted by atomic mass is 10.1. The third kappa shape index (κ3) is 2.99. The minimum atomic E-state index is -1.53. The first-order valence-electron chi connectivity index (χ1n) is 5.14. The Morgan fingerprint density at radius 2 is 1.53 bits per heavy atom. The van der Waals surface area contributed by atoms with Crippen molar-refractivity contribution >= 4 is 5.69 Å². The van der Waals surface area contributed by atoms with E-state index in [0.717, 1.165) is 17.2 Å². The molecule has 0 aliphatic heterocycles. The molecule has 0 radical (unpaired) electrons. The van der Waals surface area contributed by atoms with E-state index in [4.69, 9.17) is 0 Å². The standard InChI is InChI=1S/C13H11F4NO/c1-18(2)13-11(16)9(14)8(10(15)12(13)17)6-4-5-7-19-3/h5,7H,1-3H3/b7-5-. The summed E-state index contributed by atoms with van der Waals surface area (Å²) in [7, 11) is 3.89. The van der Waals surface area contributed by atoms with Crippen LogP contribution in [-0.2, 0) is 4.74 Å². The van der Waals surface area contributed by atoms with Crippen molar-refractivity contribution in [3.05, 3.63) is 41.2 Å². The predicted octanol–water partition coefficient (Wildman–Crippen LogP) is 2.82. The molecule has 0 saturated heterocycles. The number of allylic oxidation sites excluding steroid dienone is 1. The number of hydrogen-bond acceptors (Lipinski definition) is 2. The van der Waals surface area contributed by atoms with E-state index in [9.17, 15) is 17.6 Å². The number of methoxy groups -OCH3 is 1. The van der Waals surface area contributed by atoms with Gasteiger partial charge in [-0.05, 0) is 0 Å². The minimum Gasteiger partial charge on any atom is -0.504 e. The SMILES string of the molecule is CO/C=C\C#Cc1c(F)c(F)c(N(C)C)c(F)c1F. The number of ether oxygens (including phenoxy) is 1. The summed E-state index contributed by atoms with van der Waals surface area (Å²) in [5, 5.41) is 0. The molecular weight excluding hydrogens is 262 g/mol. The lowest BCUT2D eigenvalue weighted by Crippen LogP contribution is -2.16. The van der Waals surface area contributed by atoms with Crippen LogP contribution >= 0.6 is 0 Å². The second-order valence-corrected chi connectivity index (χ2v) is 3.68. The third-order valence-electron chi connectivity index (χ3n) is 2.17. The molecule has 1 aromatic rings. The number of hydrogen-bond donors (Lipinski definition) is 0. The molecular formula is C13H11F4NO. The largest absolute Gasteiger partial charge is 0.504 e. The summed E-state index contributed by atoms with van der Waals surface area (Å²) in [6, 6.07) is 0. The van der Waals surface area contributed by atoms with E-state index >= 15 is 0 Å². The molecule has 19 heavy (non-hydrogen) atoms. The molecule has 0 heterocycles. The summed E-state index contributed by atoms with van der Waals surface area (Å²) in [6.45, 7) is 0. The van der Waals surface area contributed by atoms with Gasteiger partial charge in [0.15, 0.2) is 23.3 Å². The fourth-order valence-electron chi connectivity index (χ4n) is 1.34. The number of rotatable bonds is 2. The molecule has 0 unspecified atom stereocenters. The molecule has 2 nitrogen and oxygen atoms in total. The van der Waals surface area contributed by atoms with Crippen LogP contribution in [0.3, 0.4) is 0 Å². The van der Waals surface area contributed by atoms with Gasteiger partial charge in [-0.3, -0.25) is 0 Å². The van der Waals surface area contributed by atoms with Gasteiger partial charge in [0.2, 0.25) is 0 Å². The zero-order valence-corrected chi connectivity index (χ0v) is 10.5. The van der Waals surface area contributed by atoms with Crippen LogP contribution < -0.4 is 4.90 Å². The Bertz CT molecular complexity index is 541. The van der Waals surface area contributed by atoms with Gasteiger partial charge >= 0.3 is 0 Å². The summed E-state index contributed by atoms with van der Waals surface area (Å²) in [5.74, 6) is -1.82. The smallest absolute Gasteiger partial charge is 0.186 e. The molecule has 0 aromatic heterocycles. The lowest BCUT2D eigenvalue weighted by Gasteiger charge is -2.16. The van der Waals surface area contributed by atoms with Crippen LogP contribution in [0.5, 0.6) is 0 Å². The normalized spacial score (nSPS) is 10.3. The summed E-state index contributed by atoms with van der Waals surface area (Å²) >= 11 is 0. The molecule has 0 aliphatic carbocycles. The fraction of sp³-hybridized carbons (Fsp3) is 0.231. The van der Waals surface area contributed by atoms with Gasteiger partial charge in [-0.1, -0.05) is 11.8 Å². The molecule has 6 heteroatoms. The van der Waals surface area contributed by atoms with E-state index in [1.807, 2.05) is 5.92 Å². The number of nitrogens with zero attached hydrogens (tertiary/aromatic N) is 1. The van der Waals surface area contributed by atoms with E-state index in [-0.39, 0.29) is 0 Å². The lowest BCUT2D eigenvalue weighted by molar-refractivity contribution is 0.338. The molecule has 1 aromatic carbocycles. The van der Waals surface area contributed by atoms with Crippen LogP contribution in [0.2, 0.25) is 0 Å². The Morgan fingerprint density at radius 1 is 1.00 bits per heavy atom. The Morgan fingerprint density at radius 3 is 1.95 bits per heavy atom. The third-order valence-corrected chi connectivity index (χ3v) is 2.17. The van der Waals surface area contributed by atoms with E-state index in [1.165, 1.54) is 21.2 Å². The summed E-state index contributed by atoms with van der Waals surface area (Å²) in [5.41, 5.74) is -1.74. The van der Waals surface area contributed by atoms with E-state index in [1.54, 1.807) is 0 Å². The summed E-state index contributed by atoms with van der Waals surface area (Å²) in [6.07, 6.45) is 2.30. The number of halogens is 4. The van der Waals surface area contributed by atoms with Crippen molar-refractivity contribution < 1.29 is 22.3 Å². The molecule has 0 saturated carbocycles. The van der Waals surface area contributed by atoms with E-state index in [2.05, 4.69) is 10.7 Å². The maximum Gasteiger partial charge on any atom is 0.186 e. The van der Waals surface area contributed by atoms with Crippen LogP contribution in [0.25, 0.3) is 0 Å². The topological polar surface area (TPSA) is 12.5 Å². The molecule has 0 amide bonds. The summed E-state index contributed by atoms with van der Waals surface area (Å²) in [4.78, 5) is 0.943. The van der Waals surface area contributed by atoms with Crippen molar-refractivity contribution in [1.82, 2.24) is 0 Å². The van der Waals surface area contributed by atoms with Crippen molar-refractivity contribution in [2.24, 2.45) is 0 Å². The Balaban J connectivity index is 3.43. The first-order chi connectivity index (χ1) is 8.91. The van der Waals surface area contributed by atoms with Crippen LogP contribution in [-0.4, -0.2) is 21.2 Å². The average Bonchev–Trinajstić information content (AvgIpc) is 2.35. The predicted molar refractivity (Wildman–Crippen MR) is 63.6 cm³/mol. The van der Waals surface area contributed by atoms with Gasteiger partial charge in [-0.15, -0.1) is 0 Å². The van der Waals surface area contributed by atoms with Crippen LogP contribution in [0, 0.1) is 35.1 Å². The van der Waals surface area contributed by atoms with Gasteiger partial charge in [-0.2, -0.15) is 0 Å². The van der Waals surface area contributed by atoms with Gasteiger partial charge in [-0.25, -0.2) is 17.6 Å². The Labute approximate surface area is 108 Å². The highest BCUT2D eigenvalue weighted by atomic mass is 19.2.